The summed E-state index contributed by atoms with van der Waals surface area (Å²) in [4.78, 5) is 1.63. The van der Waals surface area contributed by atoms with E-state index in [1.807, 2.05) is 0 Å². The van der Waals surface area contributed by atoms with E-state index in [-0.39, 0.29) is 0 Å². The molecule has 0 aliphatic carbocycles. The minimum atomic E-state index is 0.494. The Morgan fingerprint density at radius 2 is 2.36 bits per heavy atom. The number of anilines is 1. The molecule has 0 saturated carbocycles. The van der Waals surface area contributed by atoms with Gasteiger partial charge < -0.3 is 5.73 Å². The summed E-state index contributed by atoms with van der Waals surface area (Å²) < 4.78 is 0. The number of hydrogen-bond donors (Lipinski definition) is 1. The van der Waals surface area contributed by atoms with Crippen LogP contribution < -0.4 is 5.73 Å². The van der Waals surface area contributed by atoms with Crippen molar-refractivity contribution in [2.75, 3.05) is 5.73 Å². The first-order valence-electron chi connectivity index (χ1n) is 3.84. The Hall–Kier alpha value is -1.06. The summed E-state index contributed by atoms with van der Waals surface area (Å²) in [6.07, 6.45) is 2.66. The molecule has 0 spiro atoms. The molecule has 0 amide bonds. The van der Waals surface area contributed by atoms with Crippen LogP contribution in [0.25, 0.3) is 0 Å². The summed E-state index contributed by atoms with van der Waals surface area (Å²) >= 11 is 0. The van der Waals surface area contributed by atoms with Gasteiger partial charge in [-0.15, -0.1) is 5.10 Å². The monoisotopic (exact) mass is 154 g/mol. The standard InChI is InChI=1S/C7H14N4/c1-6(2)3-4-11-9-5-7(8)10-11/h5-6H,3-4H2,1-2H3,(H2,8,10). The van der Waals surface area contributed by atoms with Crippen molar-refractivity contribution in [3.8, 4) is 0 Å². The highest BCUT2D eigenvalue weighted by molar-refractivity contribution is 5.19. The third-order valence-corrected chi connectivity index (χ3v) is 1.46. The van der Waals surface area contributed by atoms with Gasteiger partial charge >= 0.3 is 0 Å². The van der Waals surface area contributed by atoms with Gasteiger partial charge in [-0.1, -0.05) is 13.8 Å². The van der Waals surface area contributed by atoms with Gasteiger partial charge in [0, 0.05) is 0 Å². The van der Waals surface area contributed by atoms with E-state index >= 15 is 0 Å². The molecular formula is C7H14N4. The Morgan fingerprint density at radius 1 is 1.64 bits per heavy atom. The molecule has 0 bridgehead atoms. The van der Waals surface area contributed by atoms with Crippen LogP contribution in [0.2, 0.25) is 0 Å². The zero-order chi connectivity index (χ0) is 8.27. The average Bonchev–Trinajstić information content (AvgIpc) is 2.31. The van der Waals surface area contributed by atoms with E-state index in [2.05, 4.69) is 24.0 Å². The Bertz CT molecular complexity index is 216. The van der Waals surface area contributed by atoms with Gasteiger partial charge in [0.05, 0.1) is 12.7 Å². The van der Waals surface area contributed by atoms with Gasteiger partial charge in [0.15, 0.2) is 5.82 Å². The van der Waals surface area contributed by atoms with E-state index in [4.69, 9.17) is 5.73 Å². The summed E-state index contributed by atoms with van der Waals surface area (Å²) in [5.41, 5.74) is 5.39. The molecule has 0 atom stereocenters. The fourth-order valence-electron chi connectivity index (χ4n) is 0.792. The van der Waals surface area contributed by atoms with Crippen molar-refractivity contribution >= 4 is 5.82 Å². The van der Waals surface area contributed by atoms with E-state index in [9.17, 15) is 0 Å². The van der Waals surface area contributed by atoms with Crippen LogP contribution in [-0.2, 0) is 6.54 Å². The smallest absolute Gasteiger partial charge is 0.165 e. The Morgan fingerprint density at radius 3 is 2.82 bits per heavy atom. The first-order chi connectivity index (χ1) is 5.18. The lowest BCUT2D eigenvalue weighted by molar-refractivity contribution is 0.450. The van der Waals surface area contributed by atoms with Gasteiger partial charge in [-0.3, -0.25) is 0 Å². The fourth-order valence-corrected chi connectivity index (χ4v) is 0.792. The van der Waals surface area contributed by atoms with Crippen molar-refractivity contribution in [2.45, 2.75) is 26.8 Å². The highest BCUT2D eigenvalue weighted by Gasteiger charge is 1.97. The van der Waals surface area contributed by atoms with E-state index in [1.165, 1.54) is 0 Å². The van der Waals surface area contributed by atoms with E-state index in [0.717, 1.165) is 13.0 Å². The summed E-state index contributed by atoms with van der Waals surface area (Å²) in [5, 5.41) is 7.93. The molecule has 0 aromatic carbocycles. The van der Waals surface area contributed by atoms with E-state index in [0.29, 0.717) is 11.7 Å². The van der Waals surface area contributed by atoms with Crippen LogP contribution in [0.15, 0.2) is 6.20 Å². The zero-order valence-corrected chi connectivity index (χ0v) is 6.99. The molecule has 2 N–H and O–H groups in total. The predicted molar refractivity (Wildman–Crippen MR) is 43.9 cm³/mol. The fraction of sp³-hybridized carbons (Fsp3) is 0.714. The summed E-state index contributed by atoms with van der Waals surface area (Å²) in [6, 6.07) is 0. The maximum atomic E-state index is 5.39. The van der Waals surface area contributed by atoms with Crippen LogP contribution in [0.4, 0.5) is 5.82 Å². The highest BCUT2D eigenvalue weighted by Crippen LogP contribution is 2.01. The maximum absolute atomic E-state index is 5.39. The molecule has 1 heterocycles. The first-order valence-corrected chi connectivity index (χ1v) is 3.84. The zero-order valence-electron chi connectivity index (χ0n) is 6.99. The molecule has 0 saturated heterocycles. The molecular weight excluding hydrogens is 140 g/mol. The van der Waals surface area contributed by atoms with Crippen molar-refractivity contribution < 1.29 is 0 Å². The van der Waals surface area contributed by atoms with Crippen molar-refractivity contribution in [3.05, 3.63) is 6.20 Å². The Balaban J connectivity index is 2.39. The van der Waals surface area contributed by atoms with Gasteiger partial charge in [0.25, 0.3) is 0 Å². The Kier molecular flexibility index (Phi) is 2.46. The van der Waals surface area contributed by atoms with Crippen molar-refractivity contribution in [1.82, 2.24) is 15.0 Å². The number of hydrogen-bond acceptors (Lipinski definition) is 3. The van der Waals surface area contributed by atoms with Gasteiger partial charge in [-0.05, 0) is 12.3 Å². The van der Waals surface area contributed by atoms with Gasteiger partial charge in [-0.2, -0.15) is 9.90 Å². The largest absolute Gasteiger partial charge is 0.381 e. The minimum Gasteiger partial charge on any atom is -0.381 e. The third-order valence-electron chi connectivity index (χ3n) is 1.46. The average molecular weight is 154 g/mol. The van der Waals surface area contributed by atoms with Crippen LogP contribution in [0.5, 0.6) is 0 Å². The molecule has 1 aromatic rings. The molecule has 1 rings (SSSR count). The lowest BCUT2D eigenvalue weighted by atomic mass is 10.1. The number of rotatable bonds is 3. The molecule has 0 aliphatic rings. The lowest BCUT2D eigenvalue weighted by Crippen LogP contribution is -2.05. The number of aryl methyl sites for hydroxylation is 1. The van der Waals surface area contributed by atoms with Crippen LogP contribution in [0.3, 0.4) is 0 Å². The number of nitrogens with two attached hydrogens (primary N) is 1. The number of aromatic nitrogens is 3. The predicted octanol–water partition coefficient (Wildman–Crippen LogP) is 0.906. The molecule has 0 radical (unpaired) electrons. The van der Waals surface area contributed by atoms with Gasteiger partial charge in [-0.25, -0.2) is 0 Å². The van der Waals surface area contributed by atoms with E-state index < -0.39 is 0 Å². The normalized spacial score (nSPS) is 10.8. The topological polar surface area (TPSA) is 56.7 Å². The molecule has 0 fully saturated rings. The number of nitrogens with zero attached hydrogens (tertiary/aromatic N) is 3. The summed E-state index contributed by atoms with van der Waals surface area (Å²) in [7, 11) is 0. The summed E-state index contributed by atoms with van der Waals surface area (Å²) in [5.74, 6) is 1.18. The molecule has 0 unspecified atom stereocenters. The first kappa shape index (κ1) is 8.04. The lowest BCUT2D eigenvalue weighted by Gasteiger charge is -2.01. The van der Waals surface area contributed by atoms with Crippen molar-refractivity contribution in [2.24, 2.45) is 5.92 Å². The second-order valence-corrected chi connectivity index (χ2v) is 3.05. The van der Waals surface area contributed by atoms with Crippen molar-refractivity contribution in [3.63, 3.8) is 0 Å². The third kappa shape index (κ3) is 2.57. The molecule has 4 nitrogen and oxygen atoms in total. The molecule has 0 aliphatic heterocycles. The van der Waals surface area contributed by atoms with Crippen LogP contribution in [-0.4, -0.2) is 15.0 Å². The van der Waals surface area contributed by atoms with E-state index in [1.54, 1.807) is 11.0 Å². The summed E-state index contributed by atoms with van der Waals surface area (Å²) in [6.45, 7) is 5.20. The second kappa shape index (κ2) is 3.37. The highest BCUT2D eigenvalue weighted by atomic mass is 15.5. The number of nitrogen functional groups attached to an aromatic ring is 1. The Labute approximate surface area is 66.4 Å². The maximum Gasteiger partial charge on any atom is 0.165 e. The SMILES string of the molecule is CC(C)CCn1ncc(N)n1. The molecule has 11 heavy (non-hydrogen) atoms. The molecule has 4 heteroatoms. The van der Waals surface area contributed by atoms with Crippen LogP contribution in [0.1, 0.15) is 20.3 Å². The molecule has 62 valence electrons. The van der Waals surface area contributed by atoms with Gasteiger partial charge in [0.1, 0.15) is 0 Å². The van der Waals surface area contributed by atoms with Crippen molar-refractivity contribution in [1.29, 1.82) is 0 Å². The van der Waals surface area contributed by atoms with Gasteiger partial charge in [0.2, 0.25) is 0 Å². The second-order valence-electron chi connectivity index (χ2n) is 3.05. The molecule has 1 aromatic heterocycles. The minimum absolute atomic E-state index is 0.494. The van der Waals surface area contributed by atoms with Crippen LogP contribution >= 0.6 is 0 Å². The quantitative estimate of drug-likeness (QED) is 0.704. The van der Waals surface area contributed by atoms with Crippen LogP contribution in [0, 0.1) is 5.92 Å².